The standard InChI is InChI=1S/C16H21N3O2/c1-11(2)16(21)8-18(9-16)15(20)12(3)19-10-17-13-6-4-5-7-14(13)19/h4-7,10-12,21H,8-9H2,1-3H3. The fourth-order valence-corrected chi connectivity index (χ4v) is 2.81. The zero-order chi connectivity index (χ0) is 15.2. The second kappa shape index (κ2) is 4.84. The Bertz CT molecular complexity index is 671. The number of imidazole rings is 1. The van der Waals surface area contributed by atoms with Crippen molar-refractivity contribution < 1.29 is 9.90 Å². The third-order valence-electron chi connectivity index (χ3n) is 4.57. The molecule has 1 atom stereocenters. The highest BCUT2D eigenvalue weighted by Gasteiger charge is 2.46. The van der Waals surface area contributed by atoms with Gasteiger partial charge in [-0.15, -0.1) is 0 Å². The second-order valence-electron chi connectivity index (χ2n) is 6.27. The van der Waals surface area contributed by atoms with Crippen molar-refractivity contribution in [2.24, 2.45) is 5.92 Å². The molecule has 21 heavy (non-hydrogen) atoms. The van der Waals surface area contributed by atoms with Gasteiger partial charge in [0.2, 0.25) is 5.91 Å². The lowest BCUT2D eigenvalue weighted by Crippen LogP contribution is -2.66. The monoisotopic (exact) mass is 287 g/mol. The molecule has 0 spiro atoms. The van der Waals surface area contributed by atoms with Gasteiger partial charge in [0, 0.05) is 0 Å². The van der Waals surface area contributed by atoms with Gasteiger partial charge in [0.25, 0.3) is 0 Å². The summed E-state index contributed by atoms with van der Waals surface area (Å²) in [6.07, 6.45) is 1.71. The number of hydrogen-bond donors (Lipinski definition) is 1. The molecular formula is C16H21N3O2. The van der Waals surface area contributed by atoms with Crippen LogP contribution < -0.4 is 0 Å². The van der Waals surface area contributed by atoms with Gasteiger partial charge in [-0.3, -0.25) is 4.79 Å². The number of carbonyl (C=O) groups excluding carboxylic acids is 1. The van der Waals surface area contributed by atoms with Crippen LogP contribution >= 0.6 is 0 Å². The van der Waals surface area contributed by atoms with Gasteiger partial charge in [-0.1, -0.05) is 26.0 Å². The Labute approximate surface area is 124 Å². The first-order chi connectivity index (χ1) is 9.92. The summed E-state index contributed by atoms with van der Waals surface area (Å²) in [5.74, 6) is 0.189. The molecule has 1 fully saturated rings. The Morgan fingerprint density at radius 2 is 1.95 bits per heavy atom. The van der Waals surface area contributed by atoms with Crippen LogP contribution in [0, 0.1) is 5.92 Å². The number of fused-ring (bicyclic) bond motifs is 1. The Hall–Kier alpha value is -1.88. The van der Waals surface area contributed by atoms with Crippen LogP contribution in [0.2, 0.25) is 0 Å². The molecule has 1 amide bonds. The van der Waals surface area contributed by atoms with E-state index in [1.807, 2.05) is 49.6 Å². The Morgan fingerprint density at radius 3 is 2.62 bits per heavy atom. The molecule has 1 aromatic carbocycles. The van der Waals surface area contributed by atoms with Crippen LogP contribution in [0.1, 0.15) is 26.8 Å². The van der Waals surface area contributed by atoms with Crippen LogP contribution in [-0.4, -0.2) is 44.2 Å². The number of carbonyl (C=O) groups is 1. The molecule has 1 aliphatic rings. The minimum Gasteiger partial charge on any atom is -0.386 e. The van der Waals surface area contributed by atoms with Crippen LogP contribution in [0.3, 0.4) is 0 Å². The number of likely N-dealkylation sites (tertiary alicyclic amines) is 1. The van der Waals surface area contributed by atoms with Gasteiger partial charge >= 0.3 is 0 Å². The maximum atomic E-state index is 12.5. The van der Waals surface area contributed by atoms with Crippen molar-refractivity contribution in [1.82, 2.24) is 14.5 Å². The number of β-amino-alcohol motifs (C(OH)–C–C–N with tert-alkyl or cyclic N) is 1. The smallest absolute Gasteiger partial charge is 0.245 e. The summed E-state index contributed by atoms with van der Waals surface area (Å²) in [6.45, 7) is 6.67. The van der Waals surface area contributed by atoms with Crippen molar-refractivity contribution in [2.75, 3.05) is 13.1 Å². The fourth-order valence-electron chi connectivity index (χ4n) is 2.81. The average Bonchev–Trinajstić information content (AvgIpc) is 2.86. The number of benzene rings is 1. The zero-order valence-electron chi connectivity index (χ0n) is 12.7. The molecule has 5 nitrogen and oxygen atoms in total. The van der Waals surface area contributed by atoms with Crippen molar-refractivity contribution in [3.8, 4) is 0 Å². The van der Waals surface area contributed by atoms with Crippen molar-refractivity contribution >= 4 is 16.9 Å². The second-order valence-corrected chi connectivity index (χ2v) is 6.27. The van der Waals surface area contributed by atoms with Crippen molar-refractivity contribution in [3.05, 3.63) is 30.6 Å². The first kappa shape index (κ1) is 14.1. The first-order valence-corrected chi connectivity index (χ1v) is 7.35. The van der Waals surface area contributed by atoms with Gasteiger partial charge in [-0.05, 0) is 25.0 Å². The Morgan fingerprint density at radius 1 is 1.29 bits per heavy atom. The van der Waals surface area contributed by atoms with Crippen molar-refractivity contribution in [3.63, 3.8) is 0 Å². The number of aromatic nitrogens is 2. The summed E-state index contributed by atoms with van der Waals surface area (Å²) in [5, 5.41) is 10.3. The number of amides is 1. The fraction of sp³-hybridized carbons (Fsp3) is 0.500. The summed E-state index contributed by atoms with van der Waals surface area (Å²) >= 11 is 0. The third-order valence-corrected chi connectivity index (χ3v) is 4.57. The molecule has 1 N–H and O–H groups in total. The molecule has 1 unspecified atom stereocenters. The molecular weight excluding hydrogens is 266 g/mol. The van der Waals surface area contributed by atoms with E-state index in [1.54, 1.807) is 11.2 Å². The summed E-state index contributed by atoms with van der Waals surface area (Å²) in [6, 6.07) is 7.47. The van der Waals surface area contributed by atoms with E-state index in [9.17, 15) is 9.90 Å². The average molecular weight is 287 g/mol. The van der Waals surface area contributed by atoms with Crippen molar-refractivity contribution in [1.29, 1.82) is 0 Å². The molecule has 1 aromatic heterocycles. The molecule has 112 valence electrons. The highest BCUT2D eigenvalue weighted by Crippen LogP contribution is 2.31. The van der Waals surface area contributed by atoms with E-state index in [4.69, 9.17) is 0 Å². The normalized spacial score (nSPS) is 18.8. The quantitative estimate of drug-likeness (QED) is 0.937. The number of hydrogen-bond acceptors (Lipinski definition) is 3. The third kappa shape index (κ3) is 2.21. The van der Waals surface area contributed by atoms with E-state index < -0.39 is 5.60 Å². The van der Waals surface area contributed by atoms with Crippen LogP contribution in [-0.2, 0) is 4.79 Å². The van der Waals surface area contributed by atoms with Gasteiger partial charge in [-0.25, -0.2) is 4.98 Å². The number of aliphatic hydroxyl groups is 1. The predicted octanol–water partition coefficient (Wildman–Crippen LogP) is 1.83. The van der Waals surface area contributed by atoms with E-state index in [-0.39, 0.29) is 17.9 Å². The predicted molar refractivity (Wildman–Crippen MR) is 80.8 cm³/mol. The molecule has 1 aliphatic heterocycles. The molecule has 0 radical (unpaired) electrons. The minimum absolute atomic E-state index is 0.0310. The number of para-hydroxylation sites is 2. The van der Waals surface area contributed by atoms with Crippen LogP contribution in [0.4, 0.5) is 0 Å². The van der Waals surface area contributed by atoms with Crippen LogP contribution in [0.5, 0.6) is 0 Å². The van der Waals surface area contributed by atoms with E-state index in [0.29, 0.717) is 13.1 Å². The van der Waals surface area contributed by atoms with Crippen LogP contribution in [0.15, 0.2) is 30.6 Å². The lowest BCUT2D eigenvalue weighted by molar-refractivity contribution is -0.166. The lowest BCUT2D eigenvalue weighted by Gasteiger charge is -2.49. The van der Waals surface area contributed by atoms with Gasteiger partial charge in [0.15, 0.2) is 0 Å². The maximum absolute atomic E-state index is 12.5. The summed E-state index contributed by atoms with van der Waals surface area (Å²) in [7, 11) is 0. The van der Waals surface area contributed by atoms with E-state index in [2.05, 4.69) is 4.98 Å². The van der Waals surface area contributed by atoms with Gasteiger partial charge in [-0.2, -0.15) is 0 Å². The topological polar surface area (TPSA) is 58.4 Å². The molecule has 0 saturated carbocycles. The van der Waals surface area contributed by atoms with Crippen LogP contribution in [0.25, 0.3) is 11.0 Å². The number of rotatable bonds is 3. The maximum Gasteiger partial charge on any atom is 0.245 e. The zero-order valence-corrected chi connectivity index (χ0v) is 12.7. The first-order valence-electron chi connectivity index (χ1n) is 7.35. The van der Waals surface area contributed by atoms with Gasteiger partial charge in [0.05, 0.1) is 30.5 Å². The molecule has 0 bridgehead atoms. The molecule has 3 rings (SSSR count). The van der Waals surface area contributed by atoms with E-state index >= 15 is 0 Å². The lowest BCUT2D eigenvalue weighted by atomic mass is 9.82. The largest absolute Gasteiger partial charge is 0.386 e. The molecule has 5 heteroatoms. The van der Waals surface area contributed by atoms with E-state index in [0.717, 1.165) is 11.0 Å². The molecule has 2 heterocycles. The summed E-state index contributed by atoms with van der Waals surface area (Å²) in [4.78, 5) is 18.6. The molecule has 2 aromatic rings. The molecule has 1 saturated heterocycles. The van der Waals surface area contributed by atoms with E-state index in [1.165, 1.54) is 0 Å². The minimum atomic E-state index is -0.730. The highest BCUT2D eigenvalue weighted by atomic mass is 16.3. The molecule has 0 aliphatic carbocycles. The Balaban J connectivity index is 1.77. The highest BCUT2D eigenvalue weighted by molar-refractivity contribution is 5.84. The number of nitrogens with zero attached hydrogens (tertiary/aromatic N) is 3. The summed E-state index contributed by atoms with van der Waals surface area (Å²) < 4.78 is 1.89. The summed E-state index contributed by atoms with van der Waals surface area (Å²) in [5.41, 5.74) is 1.12. The SMILES string of the molecule is CC(C(=O)N1CC(O)(C(C)C)C1)n1cnc2ccccc21. The van der Waals surface area contributed by atoms with Crippen molar-refractivity contribution in [2.45, 2.75) is 32.4 Å². The van der Waals surface area contributed by atoms with Gasteiger partial charge < -0.3 is 14.6 Å². The van der Waals surface area contributed by atoms with Gasteiger partial charge in [0.1, 0.15) is 11.6 Å². The Kier molecular flexibility index (Phi) is 3.24.